The van der Waals surface area contributed by atoms with E-state index < -0.39 is 11.2 Å². The van der Waals surface area contributed by atoms with Gasteiger partial charge in [0.15, 0.2) is 4.90 Å². The molecule has 2 heterocycles. The molecule has 0 spiro atoms. The third kappa shape index (κ3) is 1.51. The largest absolute Gasteiger partial charge is 0.611 e. The number of hydrogen-bond acceptors (Lipinski definition) is 1. The first kappa shape index (κ1) is 12.1. The summed E-state index contributed by atoms with van der Waals surface area (Å²) >= 11 is -0.939. The first-order chi connectivity index (χ1) is 9.66. The average Bonchev–Trinajstić information content (AvgIpc) is 2.72. The zero-order chi connectivity index (χ0) is 13.9. The third-order valence-electron chi connectivity index (χ3n) is 4.12. The minimum atomic E-state index is -0.939. The van der Waals surface area contributed by atoms with Crippen LogP contribution in [0.3, 0.4) is 0 Å². The topological polar surface area (TPSA) is 28.0 Å². The quantitative estimate of drug-likeness (QED) is 0.576. The average molecular weight is 281 g/mol. The number of rotatable bonds is 0. The Morgan fingerprint density at radius 2 is 1.95 bits per heavy atom. The summed E-state index contributed by atoms with van der Waals surface area (Å²) in [6, 6.07) is 14.6. The Morgan fingerprint density at radius 1 is 1.15 bits per heavy atom. The fourth-order valence-electron chi connectivity index (χ4n) is 3.19. The van der Waals surface area contributed by atoms with E-state index in [9.17, 15) is 4.55 Å². The van der Waals surface area contributed by atoms with Gasteiger partial charge in [0.2, 0.25) is 0 Å². The highest BCUT2D eigenvalue weighted by Crippen LogP contribution is 2.42. The molecule has 100 valence electrons. The van der Waals surface area contributed by atoms with Crippen molar-refractivity contribution < 1.29 is 4.55 Å². The second-order valence-electron chi connectivity index (χ2n) is 5.39. The predicted octanol–water partition coefficient (Wildman–Crippen LogP) is 3.77. The third-order valence-corrected chi connectivity index (χ3v) is 5.52. The molecule has 3 aromatic rings. The van der Waals surface area contributed by atoms with Gasteiger partial charge >= 0.3 is 0 Å². The molecule has 4 rings (SSSR count). The molecule has 2 nitrogen and oxygen atoms in total. The number of fused-ring (bicyclic) bond motifs is 5. The van der Waals surface area contributed by atoms with Gasteiger partial charge in [-0.05, 0) is 42.4 Å². The van der Waals surface area contributed by atoms with E-state index in [1.807, 2.05) is 18.2 Å². The molecular weight excluding hydrogens is 266 g/mol. The van der Waals surface area contributed by atoms with Crippen LogP contribution in [-0.2, 0) is 24.0 Å². The van der Waals surface area contributed by atoms with Gasteiger partial charge in [0.1, 0.15) is 5.75 Å². The SMILES string of the molecule is Cc1ccc2c(c1)c1c(n2C)-c2ccccc2[S+]([O-])C1. The van der Waals surface area contributed by atoms with Crippen molar-refractivity contribution in [3.8, 4) is 11.3 Å². The minimum Gasteiger partial charge on any atom is -0.611 e. The lowest BCUT2D eigenvalue weighted by Gasteiger charge is -2.20. The summed E-state index contributed by atoms with van der Waals surface area (Å²) in [7, 11) is 2.10. The molecule has 0 saturated heterocycles. The molecule has 0 saturated carbocycles. The van der Waals surface area contributed by atoms with Gasteiger partial charge in [-0.15, -0.1) is 0 Å². The Bertz CT molecular complexity index is 834. The molecule has 1 unspecified atom stereocenters. The number of benzene rings is 2. The van der Waals surface area contributed by atoms with Crippen LogP contribution < -0.4 is 0 Å². The molecule has 0 N–H and O–H groups in total. The van der Waals surface area contributed by atoms with Gasteiger partial charge in [0.05, 0.1) is 11.3 Å². The van der Waals surface area contributed by atoms with Crippen molar-refractivity contribution in [1.29, 1.82) is 0 Å². The Hall–Kier alpha value is -1.71. The van der Waals surface area contributed by atoms with Crippen molar-refractivity contribution >= 4 is 22.1 Å². The van der Waals surface area contributed by atoms with Crippen LogP contribution in [0.4, 0.5) is 0 Å². The van der Waals surface area contributed by atoms with E-state index in [4.69, 9.17) is 0 Å². The van der Waals surface area contributed by atoms with E-state index in [1.165, 1.54) is 27.7 Å². The molecule has 0 radical (unpaired) electrons. The zero-order valence-corrected chi connectivity index (χ0v) is 12.3. The standard InChI is InChI=1S/C17H15NOS/c1-11-7-8-15-13(9-11)14-10-20(19)16-6-4-3-5-12(16)17(14)18(15)2/h3-9H,10H2,1-2H3. The molecule has 0 amide bonds. The normalized spacial score (nSPS) is 17.1. The van der Waals surface area contributed by atoms with Crippen molar-refractivity contribution in [1.82, 2.24) is 4.57 Å². The first-order valence-corrected chi connectivity index (χ1v) is 8.04. The molecular formula is C17H15NOS. The molecule has 1 aliphatic rings. The van der Waals surface area contributed by atoms with E-state index >= 15 is 0 Å². The molecule has 0 bridgehead atoms. The number of nitrogens with zero attached hydrogens (tertiary/aromatic N) is 1. The summed E-state index contributed by atoms with van der Waals surface area (Å²) in [5.74, 6) is 0.618. The molecule has 1 aliphatic heterocycles. The van der Waals surface area contributed by atoms with Crippen molar-refractivity contribution in [2.75, 3.05) is 0 Å². The number of hydrogen-bond donors (Lipinski definition) is 0. The molecule has 0 aliphatic carbocycles. The molecule has 1 aromatic heterocycles. The van der Waals surface area contributed by atoms with E-state index in [-0.39, 0.29) is 0 Å². The lowest BCUT2D eigenvalue weighted by atomic mass is 10.0. The van der Waals surface area contributed by atoms with Gasteiger partial charge in [-0.1, -0.05) is 23.8 Å². The Morgan fingerprint density at radius 3 is 2.80 bits per heavy atom. The molecule has 2 aromatic carbocycles. The van der Waals surface area contributed by atoms with Gasteiger partial charge in [0.25, 0.3) is 0 Å². The summed E-state index contributed by atoms with van der Waals surface area (Å²) < 4.78 is 14.7. The van der Waals surface area contributed by atoms with E-state index in [0.29, 0.717) is 5.75 Å². The second kappa shape index (κ2) is 4.14. The van der Waals surface area contributed by atoms with Crippen molar-refractivity contribution in [3.63, 3.8) is 0 Å². The predicted molar refractivity (Wildman–Crippen MR) is 83.2 cm³/mol. The smallest absolute Gasteiger partial charge is 0.162 e. The summed E-state index contributed by atoms with van der Waals surface area (Å²) in [5, 5.41) is 1.24. The first-order valence-electron chi connectivity index (χ1n) is 6.72. The Balaban J connectivity index is 2.15. The highest BCUT2D eigenvalue weighted by molar-refractivity contribution is 7.90. The van der Waals surface area contributed by atoms with Crippen LogP contribution >= 0.6 is 0 Å². The highest BCUT2D eigenvalue weighted by Gasteiger charge is 2.31. The van der Waals surface area contributed by atoms with Gasteiger partial charge < -0.3 is 9.12 Å². The van der Waals surface area contributed by atoms with Gasteiger partial charge in [-0.25, -0.2) is 0 Å². The fourth-order valence-corrected chi connectivity index (χ4v) is 4.54. The maximum absolute atomic E-state index is 12.5. The number of aryl methyl sites for hydroxylation is 2. The van der Waals surface area contributed by atoms with Gasteiger partial charge in [-0.2, -0.15) is 0 Å². The van der Waals surface area contributed by atoms with Crippen molar-refractivity contribution in [3.05, 3.63) is 53.6 Å². The van der Waals surface area contributed by atoms with E-state index in [1.54, 1.807) is 0 Å². The zero-order valence-electron chi connectivity index (χ0n) is 11.5. The number of aromatic nitrogens is 1. The van der Waals surface area contributed by atoms with Crippen LogP contribution in [-0.4, -0.2) is 9.12 Å². The molecule has 1 atom stereocenters. The van der Waals surface area contributed by atoms with Crippen molar-refractivity contribution in [2.24, 2.45) is 7.05 Å². The highest BCUT2D eigenvalue weighted by atomic mass is 32.2. The Labute approximate surface area is 121 Å². The monoisotopic (exact) mass is 281 g/mol. The van der Waals surface area contributed by atoms with Crippen LogP contribution in [0.1, 0.15) is 11.1 Å². The van der Waals surface area contributed by atoms with Crippen molar-refractivity contribution in [2.45, 2.75) is 17.6 Å². The summed E-state index contributed by atoms with van der Waals surface area (Å²) in [6.07, 6.45) is 0. The summed E-state index contributed by atoms with van der Waals surface area (Å²) in [5.41, 5.74) is 6.03. The maximum Gasteiger partial charge on any atom is 0.162 e. The lowest BCUT2D eigenvalue weighted by Crippen LogP contribution is -2.13. The minimum absolute atomic E-state index is 0.618. The maximum atomic E-state index is 12.5. The summed E-state index contributed by atoms with van der Waals surface area (Å²) in [4.78, 5) is 0.961. The second-order valence-corrected chi connectivity index (χ2v) is 6.81. The van der Waals surface area contributed by atoms with Gasteiger partial charge in [0, 0.05) is 23.5 Å². The van der Waals surface area contributed by atoms with E-state index in [0.717, 1.165) is 10.5 Å². The summed E-state index contributed by atoms with van der Waals surface area (Å²) in [6.45, 7) is 2.10. The lowest BCUT2D eigenvalue weighted by molar-refractivity contribution is 0.593. The Kier molecular flexibility index (Phi) is 2.50. The van der Waals surface area contributed by atoms with Crippen LogP contribution in [0.25, 0.3) is 22.2 Å². The molecule has 0 fully saturated rings. The van der Waals surface area contributed by atoms with Crippen LogP contribution in [0.5, 0.6) is 0 Å². The molecule has 3 heteroatoms. The van der Waals surface area contributed by atoms with Crippen LogP contribution in [0, 0.1) is 6.92 Å². The van der Waals surface area contributed by atoms with Crippen LogP contribution in [0.2, 0.25) is 0 Å². The fraction of sp³-hybridized carbons (Fsp3) is 0.176. The molecule has 20 heavy (non-hydrogen) atoms. The van der Waals surface area contributed by atoms with E-state index in [2.05, 4.69) is 42.8 Å². The van der Waals surface area contributed by atoms with Crippen LogP contribution in [0.15, 0.2) is 47.4 Å². The van der Waals surface area contributed by atoms with Gasteiger partial charge in [-0.3, -0.25) is 0 Å².